The first-order valence-corrected chi connectivity index (χ1v) is 9.15. The Morgan fingerprint density at radius 1 is 1.00 bits per heavy atom. The van der Waals surface area contributed by atoms with Crippen molar-refractivity contribution in [3.8, 4) is 0 Å². The maximum absolute atomic E-state index is 12.8. The normalized spacial score (nSPS) is 10.6. The maximum atomic E-state index is 12.8. The third-order valence-electron chi connectivity index (χ3n) is 3.76. The van der Waals surface area contributed by atoms with Crippen LogP contribution in [0.2, 0.25) is 0 Å². The van der Waals surface area contributed by atoms with E-state index >= 15 is 0 Å². The molecule has 29 heavy (non-hydrogen) atoms. The smallest absolute Gasteiger partial charge is 0.338 e. The molecule has 0 heterocycles. The molecule has 2 rings (SSSR count). The summed E-state index contributed by atoms with van der Waals surface area (Å²) in [5.41, 5.74) is 1.47. The fourth-order valence-electron chi connectivity index (χ4n) is 2.20. The molecule has 0 aliphatic heterocycles. The van der Waals surface area contributed by atoms with Gasteiger partial charge in [-0.1, -0.05) is 25.5 Å². The van der Waals surface area contributed by atoms with Crippen molar-refractivity contribution < 1.29 is 28.2 Å². The number of hydrogen-bond donors (Lipinski definition) is 1. The third-order valence-corrected chi connectivity index (χ3v) is 3.76. The molecule has 0 radical (unpaired) electrons. The molecule has 2 aromatic rings. The van der Waals surface area contributed by atoms with Crippen LogP contribution in [-0.2, 0) is 19.1 Å². The van der Waals surface area contributed by atoms with Gasteiger partial charge in [0.15, 0.2) is 6.61 Å². The molecule has 6 nitrogen and oxygen atoms in total. The molecule has 0 unspecified atom stereocenters. The summed E-state index contributed by atoms with van der Waals surface area (Å²) in [6.07, 6.45) is 4.35. The summed E-state index contributed by atoms with van der Waals surface area (Å²) in [5.74, 6) is -2.01. The Morgan fingerprint density at radius 2 is 1.69 bits per heavy atom. The van der Waals surface area contributed by atoms with Crippen molar-refractivity contribution in [3.63, 3.8) is 0 Å². The van der Waals surface area contributed by atoms with Crippen LogP contribution >= 0.6 is 0 Å². The number of ether oxygens (including phenoxy) is 2. The van der Waals surface area contributed by atoms with E-state index in [9.17, 15) is 18.8 Å². The Labute approximate surface area is 168 Å². The zero-order valence-corrected chi connectivity index (χ0v) is 16.0. The van der Waals surface area contributed by atoms with Crippen molar-refractivity contribution in [3.05, 3.63) is 71.6 Å². The second-order valence-electron chi connectivity index (χ2n) is 6.11. The molecule has 1 N–H and O–H groups in total. The lowest BCUT2D eigenvalue weighted by molar-refractivity contribution is -0.142. The van der Waals surface area contributed by atoms with Gasteiger partial charge in [0.2, 0.25) is 0 Å². The van der Waals surface area contributed by atoms with Crippen LogP contribution in [0.1, 0.15) is 35.7 Å². The minimum atomic E-state index is -0.699. The van der Waals surface area contributed by atoms with Crippen LogP contribution in [0.25, 0.3) is 6.08 Å². The molecule has 0 aliphatic carbocycles. The third kappa shape index (κ3) is 7.96. The summed E-state index contributed by atoms with van der Waals surface area (Å²) in [5, 5.41) is 2.56. The number of halogens is 1. The topological polar surface area (TPSA) is 81.7 Å². The Morgan fingerprint density at radius 3 is 2.34 bits per heavy atom. The number of amides is 1. The molecular weight excluding hydrogens is 377 g/mol. The van der Waals surface area contributed by atoms with Gasteiger partial charge >= 0.3 is 11.9 Å². The minimum absolute atomic E-state index is 0.370. The van der Waals surface area contributed by atoms with E-state index in [-0.39, 0.29) is 5.82 Å². The predicted octanol–water partition coefficient (Wildman–Crippen LogP) is 3.98. The summed E-state index contributed by atoms with van der Waals surface area (Å²) in [7, 11) is 0. The van der Waals surface area contributed by atoms with Gasteiger partial charge in [-0.25, -0.2) is 14.0 Å². The highest BCUT2D eigenvalue weighted by Crippen LogP contribution is 2.11. The fraction of sp³-hybridized carbons (Fsp3) is 0.227. The van der Waals surface area contributed by atoms with Crippen LogP contribution in [0.5, 0.6) is 0 Å². The summed E-state index contributed by atoms with van der Waals surface area (Å²) >= 11 is 0. The number of hydrogen-bond acceptors (Lipinski definition) is 5. The monoisotopic (exact) mass is 399 g/mol. The molecule has 7 heteroatoms. The number of carbonyl (C=O) groups is 3. The van der Waals surface area contributed by atoms with Gasteiger partial charge in [-0.05, 0) is 54.5 Å². The van der Waals surface area contributed by atoms with Crippen LogP contribution in [0.3, 0.4) is 0 Å². The Bertz CT molecular complexity index is 860. The lowest BCUT2D eigenvalue weighted by atomic mass is 10.2. The van der Waals surface area contributed by atoms with Crippen molar-refractivity contribution in [2.24, 2.45) is 0 Å². The van der Waals surface area contributed by atoms with Crippen molar-refractivity contribution in [2.45, 2.75) is 19.8 Å². The predicted molar refractivity (Wildman–Crippen MR) is 107 cm³/mol. The van der Waals surface area contributed by atoms with Crippen LogP contribution in [0.15, 0.2) is 54.6 Å². The lowest BCUT2D eigenvalue weighted by Gasteiger charge is -2.07. The molecule has 1 amide bonds. The van der Waals surface area contributed by atoms with Crippen LogP contribution < -0.4 is 5.32 Å². The molecular formula is C22H22FNO5. The second-order valence-corrected chi connectivity index (χ2v) is 6.11. The van der Waals surface area contributed by atoms with Gasteiger partial charge in [0.1, 0.15) is 5.82 Å². The molecule has 0 aromatic heterocycles. The van der Waals surface area contributed by atoms with Gasteiger partial charge in [0.05, 0.1) is 12.2 Å². The van der Waals surface area contributed by atoms with E-state index in [1.54, 1.807) is 24.3 Å². The van der Waals surface area contributed by atoms with Crippen molar-refractivity contribution in [2.75, 3.05) is 18.5 Å². The summed E-state index contributed by atoms with van der Waals surface area (Å²) in [6, 6.07) is 11.8. The highest BCUT2D eigenvalue weighted by molar-refractivity contribution is 5.95. The molecule has 152 valence electrons. The SMILES string of the molecule is CCCCOC(=O)c1ccc(NC(=O)COC(=O)/C=C/c2ccc(F)cc2)cc1. The quantitative estimate of drug-likeness (QED) is 0.392. The van der Waals surface area contributed by atoms with E-state index in [2.05, 4.69) is 5.32 Å². The highest BCUT2D eigenvalue weighted by Gasteiger charge is 2.09. The van der Waals surface area contributed by atoms with E-state index in [1.165, 1.54) is 30.3 Å². The number of anilines is 1. The molecule has 0 fully saturated rings. The fourth-order valence-corrected chi connectivity index (χ4v) is 2.20. The number of benzene rings is 2. The van der Waals surface area contributed by atoms with Gasteiger partial charge in [-0.2, -0.15) is 0 Å². The molecule has 0 aliphatic rings. The Balaban J connectivity index is 1.76. The van der Waals surface area contributed by atoms with E-state index in [4.69, 9.17) is 9.47 Å². The van der Waals surface area contributed by atoms with E-state index in [0.717, 1.165) is 18.9 Å². The second kappa shape index (κ2) is 11.4. The van der Waals surface area contributed by atoms with Crippen LogP contribution in [0.4, 0.5) is 10.1 Å². The summed E-state index contributed by atoms with van der Waals surface area (Å²) < 4.78 is 22.8. The standard InChI is InChI=1S/C22H22FNO5/c1-2-3-14-28-22(27)17-7-11-19(12-8-17)24-20(25)15-29-21(26)13-6-16-4-9-18(23)10-5-16/h4-13H,2-3,14-15H2,1H3,(H,24,25)/b13-6+. The molecule has 0 saturated carbocycles. The number of rotatable bonds is 9. The van der Waals surface area contributed by atoms with Gasteiger partial charge in [-0.3, -0.25) is 4.79 Å². The molecule has 0 atom stereocenters. The van der Waals surface area contributed by atoms with Gasteiger partial charge in [0, 0.05) is 11.8 Å². The highest BCUT2D eigenvalue weighted by atomic mass is 19.1. The van der Waals surface area contributed by atoms with E-state index < -0.39 is 24.5 Å². The lowest BCUT2D eigenvalue weighted by Crippen LogP contribution is -2.20. The van der Waals surface area contributed by atoms with Gasteiger partial charge in [-0.15, -0.1) is 0 Å². The number of esters is 2. The summed E-state index contributed by atoms with van der Waals surface area (Å²) in [4.78, 5) is 35.3. The first-order chi connectivity index (χ1) is 14.0. The van der Waals surface area contributed by atoms with Crippen LogP contribution in [-0.4, -0.2) is 31.1 Å². The van der Waals surface area contributed by atoms with Crippen molar-refractivity contribution in [1.29, 1.82) is 0 Å². The molecule has 2 aromatic carbocycles. The zero-order valence-electron chi connectivity index (χ0n) is 16.0. The number of carbonyl (C=O) groups excluding carboxylic acids is 3. The summed E-state index contributed by atoms with van der Waals surface area (Å²) in [6.45, 7) is 1.91. The molecule has 0 spiro atoms. The van der Waals surface area contributed by atoms with Gasteiger partial charge in [0.25, 0.3) is 5.91 Å². The van der Waals surface area contributed by atoms with Crippen LogP contribution in [0, 0.1) is 5.82 Å². The Hall–Kier alpha value is -3.48. The first-order valence-electron chi connectivity index (χ1n) is 9.15. The average Bonchev–Trinajstić information content (AvgIpc) is 2.72. The first kappa shape index (κ1) is 21.8. The Kier molecular flexibility index (Phi) is 8.56. The average molecular weight is 399 g/mol. The minimum Gasteiger partial charge on any atom is -0.462 e. The van der Waals surface area contributed by atoms with Crippen molar-refractivity contribution >= 4 is 29.6 Å². The zero-order chi connectivity index (χ0) is 21.1. The van der Waals surface area contributed by atoms with Crippen molar-refractivity contribution in [1.82, 2.24) is 0 Å². The number of unbranched alkanes of at least 4 members (excludes halogenated alkanes) is 1. The van der Waals surface area contributed by atoms with E-state index in [0.29, 0.717) is 23.4 Å². The number of nitrogens with one attached hydrogen (secondary N) is 1. The largest absolute Gasteiger partial charge is 0.462 e. The maximum Gasteiger partial charge on any atom is 0.338 e. The molecule has 0 bridgehead atoms. The van der Waals surface area contributed by atoms with E-state index in [1.807, 2.05) is 6.92 Å². The van der Waals surface area contributed by atoms with Gasteiger partial charge < -0.3 is 14.8 Å². The molecule has 0 saturated heterocycles.